The third-order valence-corrected chi connectivity index (χ3v) is 5.75. The fraction of sp³-hybridized carbons (Fsp3) is 0.400. The molecule has 0 unspecified atom stereocenters. The molecule has 2 aromatic carbocycles. The van der Waals surface area contributed by atoms with Crippen molar-refractivity contribution >= 4 is 0 Å². The summed E-state index contributed by atoms with van der Waals surface area (Å²) < 4.78 is 22.3. The molecule has 1 aliphatic carbocycles. The van der Waals surface area contributed by atoms with Gasteiger partial charge in [0, 0.05) is 18.5 Å². The number of fused-ring (bicyclic) bond motifs is 2. The number of hydrogen-bond donors (Lipinski definition) is 0. The van der Waals surface area contributed by atoms with Crippen LogP contribution in [-0.2, 0) is 6.42 Å². The Hall–Kier alpha value is -2.40. The van der Waals surface area contributed by atoms with Crippen LogP contribution in [0.2, 0.25) is 0 Å². The van der Waals surface area contributed by atoms with Gasteiger partial charge in [-0.05, 0) is 60.0 Å². The number of benzene rings is 2. The zero-order valence-corrected chi connectivity index (χ0v) is 14.7. The van der Waals surface area contributed by atoms with Gasteiger partial charge in [0.05, 0.1) is 14.2 Å². The first-order valence-electron chi connectivity index (χ1n) is 8.58. The highest BCUT2D eigenvalue weighted by molar-refractivity contribution is 5.59. The Kier molecular flexibility index (Phi) is 3.16. The lowest BCUT2D eigenvalue weighted by Crippen LogP contribution is -2.33. The minimum Gasteiger partial charge on any atom is -0.493 e. The average molecular weight is 339 g/mol. The smallest absolute Gasteiger partial charge is 0.231 e. The Morgan fingerprint density at radius 2 is 1.60 bits per heavy atom. The van der Waals surface area contributed by atoms with Crippen molar-refractivity contribution in [2.24, 2.45) is 0 Å². The zero-order chi connectivity index (χ0) is 17.1. The van der Waals surface area contributed by atoms with Crippen molar-refractivity contribution in [3.63, 3.8) is 0 Å². The quantitative estimate of drug-likeness (QED) is 0.841. The zero-order valence-electron chi connectivity index (χ0n) is 14.7. The van der Waals surface area contributed by atoms with Gasteiger partial charge in [0.15, 0.2) is 23.0 Å². The largest absolute Gasteiger partial charge is 0.493 e. The predicted octanol–water partition coefficient (Wildman–Crippen LogP) is 3.11. The standard InChI is InChI=1S/C20H21NO4/c1-21-9-15-12-6-18(23-3)17(22-2)5-11(12)4-16(21)14-8-20-19(7-13(14)15)24-10-25-20/h5-8,15-16H,4,9-10H2,1-3H3/t15-,16+/m0/s1. The van der Waals surface area contributed by atoms with Gasteiger partial charge in [-0.15, -0.1) is 0 Å². The van der Waals surface area contributed by atoms with Crippen LogP contribution in [0.1, 0.15) is 34.2 Å². The van der Waals surface area contributed by atoms with Crippen molar-refractivity contribution in [3.05, 3.63) is 46.5 Å². The lowest BCUT2D eigenvalue weighted by atomic mass is 9.84. The molecule has 0 radical (unpaired) electrons. The van der Waals surface area contributed by atoms with Gasteiger partial charge in [0.2, 0.25) is 6.79 Å². The van der Waals surface area contributed by atoms with Crippen molar-refractivity contribution < 1.29 is 18.9 Å². The molecule has 6 rings (SSSR count). The van der Waals surface area contributed by atoms with Gasteiger partial charge in [0.25, 0.3) is 0 Å². The maximum Gasteiger partial charge on any atom is 0.231 e. The van der Waals surface area contributed by atoms with Crippen molar-refractivity contribution in [2.75, 3.05) is 34.6 Å². The molecular formula is C20H21NO4. The summed E-state index contributed by atoms with van der Waals surface area (Å²) >= 11 is 0. The van der Waals surface area contributed by atoms with Crippen LogP contribution in [0.15, 0.2) is 24.3 Å². The normalized spacial score (nSPS) is 23.0. The van der Waals surface area contributed by atoms with Crippen molar-refractivity contribution in [3.8, 4) is 23.0 Å². The Morgan fingerprint density at radius 3 is 2.32 bits per heavy atom. The second-order valence-corrected chi connectivity index (χ2v) is 6.95. The Balaban J connectivity index is 1.73. The summed E-state index contributed by atoms with van der Waals surface area (Å²) in [6.07, 6.45) is 0.954. The van der Waals surface area contributed by atoms with Gasteiger partial charge >= 0.3 is 0 Å². The molecule has 2 atom stereocenters. The number of methoxy groups -OCH3 is 2. The van der Waals surface area contributed by atoms with Crippen LogP contribution in [0.3, 0.4) is 0 Å². The van der Waals surface area contributed by atoms with Crippen LogP contribution in [0.25, 0.3) is 0 Å². The first-order valence-corrected chi connectivity index (χ1v) is 8.58. The van der Waals surface area contributed by atoms with E-state index < -0.39 is 0 Å². The van der Waals surface area contributed by atoms with Crippen molar-refractivity contribution in [2.45, 2.75) is 18.4 Å². The summed E-state index contributed by atoms with van der Waals surface area (Å²) in [5.41, 5.74) is 5.34. The predicted molar refractivity (Wildman–Crippen MR) is 93.0 cm³/mol. The topological polar surface area (TPSA) is 40.2 Å². The van der Waals surface area contributed by atoms with Gasteiger partial charge in [0.1, 0.15) is 0 Å². The molecule has 0 N–H and O–H groups in total. The average Bonchev–Trinajstić information content (AvgIpc) is 2.99. The van der Waals surface area contributed by atoms with E-state index in [1.807, 2.05) is 0 Å². The molecule has 0 saturated heterocycles. The van der Waals surface area contributed by atoms with E-state index in [9.17, 15) is 0 Å². The van der Waals surface area contributed by atoms with Gasteiger partial charge in [-0.25, -0.2) is 0 Å². The van der Waals surface area contributed by atoms with Crippen LogP contribution < -0.4 is 18.9 Å². The highest BCUT2D eigenvalue weighted by Gasteiger charge is 2.39. The molecule has 130 valence electrons. The molecule has 2 bridgehead atoms. The SMILES string of the molecule is COc1cc2c(cc1OC)[C@@H]1CN(C)[C@H](C2)c2cc3c(cc21)OCO3. The number of ether oxygens (including phenoxy) is 4. The summed E-state index contributed by atoms with van der Waals surface area (Å²) in [7, 11) is 5.58. The maximum atomic E-state index is 5.63. The lowest BCUT2D eigenvalue weighted by molar-refractivity contribution is 0.174. The fourth-order valence-electron chi connectivity index (χ4n) is 4.49. The summed E-state index contributed by atoms with van der Waals surface area (Å²) in [4.78, 5) is 2.44. The third-order valence-electron chi connectivity index (χ3n) is 5.75. The van der Waals surface area contributed by atoms with E-state index in [1.165, 1.54) is 22.3 Å². The second-order valence-electron chi connectivity index (χ2n) is 6.95. The van der Waals surface area contributed by atoms with E-state index >= 15 is 0 Å². The minimum atomic E-state index is 0.294. The molecule has 5 nitrogen and oxygen atoms in total. The highest BCUT2D eigenvalue weighted by atomic mass is 16.7. The van der Waals surface area contributed by atoms with E-state index in [2.05, 4.69) is 36.2 Å². The van der Waals surface area contributed by atoms with Gasteiger partial charge in [-0.3, -0.25) is 4.90 Å². The number of rotatable bonds is 2. The molecule has 25 heavy (non-hydrogen) atoms. The van der Waals surface area contributed by atoms with E-state index in [4.69, 9.17) is 18.9 Å². The molecule has 0 aromatic heterocycles. The van der Waals surface area contributed by atoms with Crippen LogP contribution in [0.5, 0.6) is 23.0 Å². The van der Waals surface area contributed by atoms with Crippen molar-refractivity contribution in [1.82, 2.24) is 4.90 Å². The number of hydrogen-bond acceptors (Lipinski definition) is 5. The summed E-state index contributed by atoms with van der Waals surface area (Å²) in [6.45, 7) is 1.30. The Bertz CT molecular complexity index is 863. The molecule has 3 heterocycles. The summed E-state index contributed by atoms with van der Waals surface area (Å²) in [6, 6.07) is 8.97. The second kappa shape index (κ2) is 5.30. The van der Waals surface area contributed by atoms with Crippen LogP contribution in [0.4, 0.5) is 0 Å². The lowest BCUT2D eigenvalue weighted by Gasteiger charge is -2.36. The maximum absolute atomic E-state index is 5.63. The molecule has 0 amide bonds. The van der Waals surface area contributed by atoms with Crippen LogP contribution >= 0.6 is 0 Å². The van der Waals surface area contributed by atoms with Crippen LogP contribution in [0, 0.1) is 0 Å². The number of likely N-dealkylation sites (N-methyl/N-ethyl adjacent to an activating group) is 1. The minimum absolute atomic E-state index is 0.294. The summed E-state index contributed by atoms with van der Waals surface area (Å²) in [5.74, 6) is 3.60. The first-order chi connectivity index (χ1) is 12.2. The molecule has 5 heteroatoms. The Morgan fingerprint density at radius 1 is 0.920 bits per heavy atom. The van der Waals surface area contributed by atoms with Gasteiger partial charge < -0.3 is 18.9 Å². The van der Waals surface area contributed by atoms with Gasteiger partial charge in [-0.1, -0.05) is 0 Å². The Labute approximate surface area is 147 Å². The molecule has 0 saturated carbocycles. The molecule has 2 aromatic rings. The highest BCUT2D eigenvalue weighted by Crippen LogP contribution is 2.51. The van der Waals surface area contributed by atoms with Gasteiger partial charge in [-0.2, -0.15) is 0 Å². The molecule has 0 fully saturated rings. The monoisotopic (exact) mass is 339 g/mol. The molecular weight excluding hydrogens is 318 g/mol. The molecule has 0 spiro atoms. The van der Waals surface area contributed by atoms with E-state index in [0.717, 1.165) is 36.0 Å². The molecule has 3 aliphatic heterocycles. The summed E-state index contributed by atoms with van der Waals surface area (Å²) in [5, 5.41) is 0. The fourth-order valence-corrected chi connectivity index (χ4v) is 4.49. The van der Waals surface area contributed by atoms with E-state index in [0.29, 0.717) is 18.8 Å². The molecule has 4 aliphatic rings. The van der Waals surface area contributed by atoms with E-state index in [-0.39, 0.29) is 0 Å². The van der Waals surface area contributed by atoms with Crippen LogP contribution in [-0.4, -0.2) is 39.5 Å². The van der Waals surface area contributed by atoms with E-state index in [1.54, 1.807) is 14.2 Å². The first kappa shape index (κ1) is 14.9. The van der Waals surface area contributed by atoms with Crippen molar-refractivity contribution in [1.29, 1.82) is 0 Å². The third kappa shape index (κ3) is 2.05. The number of nitrogens with zero attached hydrogens (tertiary/aromatic N) is 1.